The molecule has 0 bridgehead atoms. The molecule has 1 aliphatic rings. The molecule has 1 fully saturated rings. The van der Waals surface area contributed by atoms with Gasteiger partial charge in [-0.25, -0.2) is 4.52 Å². The van der Waals surface area contributed by atoms with E-state index in [0.717, 1.165) is 19.0 Å². The van der Waals surface area contributed by atoms with Crippen LogP contribution in [-0.4, -0.2) is 46.5 Å². The van der Waals surface area contributed by atoms with Gasteiger partial charge in [0.2, 0.25) is 5.95 Å². The van der Waals surface area contributed by atoms with Gasteiger partial charge in [-0.2, -0.15) is 31.3 Å². The summed E-state index contributed by atoms with van der Waals surface area (Å²) in [6, 6.07) is 1.08. The summed E-state index contributed by atoms with van der Waals surface area (Å²) in [5, 5.41) is 9.84. The van der Waals surface area contributed by atoms with Gasteiger partial charge in [-0.1, -0.05) is 6.08 Å². The molecule has 2 atom stereocenters. The molecule has 28 heavy (non-hydrogen) atoms. The predicted molar refractivity (Wildman–Crippen MR) is 88.1 cm³/mol. The molecule has 3 rings (SSSR count). The van der Waals surface area contributed by atoms with Crippen molar-refractivity contribution in [1.29, 1.82) is 0 Å². The number of anilines is 1. The molecule has 0 aliphatic carbocycles. The van der Waals surface area contributed by atoms with Crippen molar-refractivity contribution in [2.75, 3.05) is 25.0 Å². The summed E-state index contributed by atoms with van der Waals surface area (Å²) in [5.74, 6) is -0.485. The van der Waals surface area contributed by atoms with Crippen LogP contribution in [-0.2, 0) is 6.18 Å². The van der Waals surface area contributed by atoms with E-state index in [2.05, 4.69) is 32.0 Å². The Morgan fingerprint density at radius 3 is 2.64 bits per heavy atom. The van der Waals surface area contributed by atoms with Crippen molar-refractivity contribution in [3.63, 3.8) is 0 Å². The lowest BCUT2D eigenvalue weighted by atomic mass is 9.99. The van der Waals surface area contributed by atoms with Crippen LogP contribution in [0.5, 0.6) is 5.75 Å². The zero-order valence-corrected chi connectivity index (χ0v) is 14.4. The van der Waals surface area contributed by atoms with Crippen LogP contribution in [0.2, 0.25) is 0 Å². The largest absolute Gasteiger partial charge is 0.480 e. The average molecular weight is 409 g/mol. The van der Waals surface area contributed by atoms with Gasteiger partial charge >= 0.3 is 12.4 Å². The van der Waals surface area contributed by atoms with Gasteiger partial charge in [0.25, 0.3) is 0 Å². The molecule has 2 aromatic rings. The quantitative estimate of drug-likeness (QED) is 0.567. The highest BCUT2D eigenvalue weighted by Gasteiger charge is 2.36. The first-order valence-electron chi connectivity index (χ1n) is 8.35. The molecule has 12 heteroatoms. The maximum atomic E-state index is 13.3. The summed E-state index contributed by atoms with van der Waals surface area (Å²) < 4.78 is 82.1. The van der Waals surface area contributed by atoms with Gasteiger partial charge in [0.1, 0.15) is 5.69 Å². The maximum Gasteiger partial charge on any atom is 0.433 e. The van der Waals surface area contributed by atoms with E-state index in [-0.39, 0.29) is 17.9 Å². The maximum absolute atomic E-state index is 13.3. The Morgan fingerprint density at radius 1 is 1.32 bits per heavy atom. The van der Waals surface area contributed by atoms with Crippen LogP contribution in [0.1, 0.15) is 12.1 Å². The lowest BCUT2D eigenvalue weighted by molar-refractivity contribution is -0.153. The van der Waals surface area contributed by atoms with Gasteiger partial charge in [0.05, 0.1) is 6.04 Å². The van der Waals surface area contributed by atoms with Gasteiger partial charge in [0, 0.05) is 6.54 Å². The molecule has 154 valence electrons. The minimum Gasteiger partial charge on any atom is -0.480 e. The Hall–Kier alpha value is -2.50. The lowest BCUT2D eigenvalue weighted by Gasteiger charge is -2.19. The van der Waals surface area contributed by atoms with E-state index in [1.807, 2.05) is 0 Å². The van der Waals surface area contributed by atoms with Crippen LogP contribution in [0, 0.1) is 5.92 Å². The number of nitrogens with zero attached hydrogens (tertiary/aromatic N) is 3. The van der Waals surface area contributed by atoms with E-state index in [4.69, 9.17) is 0 Å². The van der Waals surface area contributed by atoms with Gasteiger partial charge in [0.15, 0.2) is 18.0 Å². The number of fused-ring (bicyclic) bond motifs is 1. The normalized spacial score (nSPS) is 19.0. The fraction of sp³-hybridized carbons (Fsp3) is 0.500. The van der Waals surface area contributed by atoms with E-state index in [1.165, 1.54) is 0 Å². The van der Waals surface area contributed by atoms with Crippen molar-refractivity contribution in [3.05, 3.63) is 30.5 Å². The molecule has 0 amide bonds. The highest BCUT2D eigenvalue weighted by molar-refractivity contribution is 5.57. The first kappa shape index (κ1) is 20.2. The third-order valence-electron chi connectivity index (χ3n) is 4.29. The second kappa shape index (κ2) is 7.49. The molecule has 0 spiro atoms. The van der Waals surface area contributed by atoms with E-state index >= 15 is 0 Å². The van der Waals surface area contributed by atoms with Crippen molar-refractivity contribution in [3.8, 4) is 5.75 Å². The molecule has 0 saturated carbocycles. The number of alkyl halides is 6. The highest BCUT2D eigenvalue weighted by atomic mass is 19.4. The Balaban J connectivity index is 1.96. The molecule has 3 heterocycles. The van der Waals surface area contributed by atoms with Gasteiger partial charge < -0.3 is 15.4 Å². The number of nitrogens with one attached hydrogen (secondary N) is 2. The molecule has 2 unspecified atom stereocenters. The molecule has 1 aliphatic heterocycles. The fourth-order valence-electron chi connectivity index (χ4n) is 2.99. The Bertz CT molecular complexity index is 840. The number of pyridine rings is 1. The van der Waals surface area contributed by atoms with Crippen LogP contribution in [0.3, 0.4) is 0 Å². The molecular weight excluding hydrogens is 392 g/mol. The molecular formula is C16H17F6N5O. The summed E-state index contributed by atoms with van der Waals surface area (Å²) in [4.78, 5) is 3.93. The summed E-state index contributed by atoms with van der Waals surface area (Å²) >= 11 is 0. The van der Waals surface area contributed by atoms with Crippen molar-refractivity contribution in [2.45, 2.75) is 24.8 Å². The van der Waals surface area contributed by atoms with Crippen molar-refractivity contribution >= 4 is 11.6 Å². The molecule has 6 nitrogen and oxygen atoms in total. The Morgan fingerprint density at radius 2 is 2.07 bits per heavy atom. The van der Waals surface area contributed by atoms with Crippen LogP contribution < -0.4 is 15.4 Å². The molecule has 1 saturated heterocycles. The third kappa shape index (κ3) is 4.49. The third-order valence-corrected chi connectivity index (χ3v) is 4.29. The van der Waals surface area contributed by atoms with E-state index in [9.17, 15) is 26.3 Å². The fourth-order valence-corrected chi connectivity index (χ4v) is 2.99. The number of aromatic nitrogens is 3. The number of ether oxygens (including phenoxy) is 1. The van der Waals surface area contributed by atoms with Crippen LogP contribution >= 0.6 is 0 Å². The number of hydrogen-bond acceptors (Lipinski definition) is 5. The van der Waals surface area contributed by atoms with Crippen LogP contribution in [0.4, 0.5) is 32.3 Å². The Kier molecular flexibility index (Phi) is 5.41. The topological polar surface area (TPSA) is 63.5 Å². The second-order valence-corrected chi connectivity index (χ2v) is 6.31. The summed E-state index contributed by atoms with van der Waals surface area (Å²) in [5.41, 5.74) is -1.64. The second-order valence-electron chi connectivity index (χ2n) is 6.31. The van der Waals surface area contributed by atoms with E-state index in [1.54, 1.807) is 6.08 Å². The zero-order chi connectivity index (χ0) is 20.5. The predicted octanol–water partition coefficient (Wildman–Crippen LogP) is 3.27. The first-order chi connectivity index (χ1) is 13.1. The SMILES string of the molecule is C=CC(Nc1nc2c(OCC(F)(F)F)ccc(C(F)(F)F)n2n1)C1CCNC1. The van der Waals surface area contributed by atoms with Crippen LogP contribution in [0.25, 0.3) is 5.65 Å². The van der Waals surface area contributed by atoms with Crippen molar-refractivity contribution in [2.24, 2.45) is 5.92 Å². The van der Waals surface area contributed by atoms with Gasteiger partial charge in [-0.05, 0) is 31.0 Å². The minimum absolute atomic E-state index is 0.132. The molecule has 2 aromatic heterocycles. The number of halogens is 6. The van der Waals surface area contributed by atoms with Crippen molar-refractivity contribution in [1.82, 2.24) is 19.9 Å². The molecule has 2 N–H and O–H groups in total. The lowest BCUT2D eigenvalue weighted by Crippen LogP contribution is -2.29. The van der Waals surface area contributed by atoms with Gasteiger partial charge in [-0.3, -0.25) is 0 Å². The summed E-state index contributed by atoms with van der Waals surface area (Å²) in [6.45, 7) is 3.52. The average Bonchev–Trinajstić information content (AvgIpc) is 3.25. The minimum atomic E-state index is -4.78. The summed E-state index contributed by atoms with van der Waals surface area (Å²) in [7, 11) is 0. The van der Waals surface area contributed by atoms with Crippen molar-refractivity contribution < 1.29 is 31.1 Å². The van der Waals surface area contributed by atoms with E-state index < -0.39 is 36.1 Å². The number of hydrogen-bond donors (Lipinski definition) is 2. The first-order valence-corrected chi connectivity index (χ1v) is 8.35. The standard InChI is InChI=1S/C16H17F6N5O/c1-2-10(9-5-6-23-7-9)24-14-25-13-11(28-8-15(17,18)19)3-4-12(16(20,21)22)27(13)26-14/h2-4,9-10,23H,1,5-8H2,(H,24,26). The monoisotopic (exact) mass is 409 g/mol. The zero-order valence-electron chi connectivity index (χ0n) is 14.4. The highest BCUT2D eigenvalue weighted by Crippen LogP contribution is 2.33. The van der Waals surface area contributed by atoms with Crippen LogP contribution in [0.15, 0.2) is 24.8 Å². The molecule has 0 aromatic carbocycles. The number of rotatable bonds is 6. The van der Waals surface area contributed by atoms with E-state index in [0.29, 0.717) is 17.1 Å². The Labute approximate surface area is 155 Å². The van der Waals surface area contributed by atoms with Gasteiger partial charge in [-0.15, -0.1) is 11.7 Å². The molecule has 0 radical (unpaired) electrons. The summed E-state index contributed by atoms with van der Waals surface area (Å²) in [6.07, 6.45) is -7.01. The smallest absolute Gasteiger partial charge is 0.433 e.